The van der Waals surface area contributed by atoms with Crippen molar-refractivity contribution in [2.24, 2.45) is 52.3 Å². The molecule has 6 N–H and O–H groups in total. The first kappa shape index (κ1) is 58.2. The Labute approximate surface area is 445 Å². The summed E-state index contributed by atoms with van der Waals surface area (Å²) in [6.07, 6.45) is 17.3. The average Bonchev–Trinajstić information content (AvgIpc) is 3.86. The van der Waals surface area contributed by atoms with Gasteiger partial charge < -0.3 is 30.5 Å². The largest absolute Gasteiger partial charge is 0.508 e. The van der Waals surface area contributed by atoms with Gasteiger partial charge in [-0.25, -0.2) is 4.99 Å². The van der Waals surface area contributed by atoms with Crippen LogP contribution in [0.1, 0.15) is 131 Å². The van der Waals surface area contributed by atoms with Gasteiger partial charge >= 0.3 is 0 Å². The molecule has 0 spiro atoms. The van der Waals surface area contributed by atoms with Crippen LogP contribution < -0.4 is 5.32 Å². The number of aliphatic hydroxyl groups excluding tert-OH is 2. The zero-order valence-corrected chi connectivity index (χ0v) is 46.1. The van der Waals surface area contributed by atoms with E-state index in [1.165, 1.54) is 77.0 Å². The normalized spacial score (nSPS) is 26.6. The first-order chi connectivity index (χ1) is 34.8. The number of phenols is 2. The number of benzene rings is 4. The highest BCUT2D eigenvalue weighted by Crippen LogP contribution is 2.48. The van der Waals surface area contributed by atoms with E-state index in [0.29, 0.717) is 59.3 Å². The van der Waals surface area contributed by atoms with Crippen molar-refractivity contribution in [3.8, 4) is 11.5 Å². The third kappa shape index (κ3) is 18.1. The topological polar surface area (TPSA) is 186 Å². The van der Waals surface area contributed by atoms with Crippen molar-refractivity contribution in [1.82, 2.24) is 5.32 Å². The van der Waals surface area contributed by atoms with Gasteiger partial charge in [-0.3, -0.25) is 9.35 Å². The van der Waals surface area contributed by atoms with Crippen LogP contribution in [0.15, 0.2) is 112 Å². The summed E-state index contributed by atoms with van der Waals surface area (Å²) < 4.78 is 31.7. The first-order valence-electron chi connectivity index (χ1n) is 26.6. The number of rotatable bonds is 12. The highest BCUT2D eigenvalue weighted by atomic mass is 32.2. The highest BCUT2D eigenvalue weighted by Gasteiger charge is 2.40. The van der Waals surface area contributed by atoms with E-state index in [4.69, 9.17) is 9.29 Å². The van der Waals surface area contributed by atoms with Gasteiger partial charge in [-0.1, -0.05) is 114 Å². The molecule has 14 heteroatoms. The Morgan fingerprint density at radius 2 is 1.22 bits per heavy atom. The molecule has 5 unspecified atom stereocenters. The molecule has 1 heterocycles. The molecule has 4 saturated carbocycles. The van der Waals surface area contributed by atoms with E-state index in [2.05, 4.69) is 48.9 Å². The van der Waals surface area contributed by atoms with Gasteiger partial charge in [0.15, 0.2) is 0 Å². The minimum absolute atomic E-state index is 0.112. The maximum atomic E-state index is 13.1. The second-order valence-corrected chi connectivity index (χ2v) is 24.7. The molecule has 0 aromatic heterocycles. The van der Waals surface area contributed by atoms with Crippen molar-refractivity contribution in [2.75, 3.05) is 18.6 Å². The predicted octanol–water partition coefficient (Wildman–Crippen LogP) is 12.1. The van der Waals surface area contributed by atoms with Crippen LogP contribution in [0.5, 0.6) is 11.5 Å². The van der Waals surface area contributed by atoms with Crippen LogP contribution in [0, 0.1) is 61.2 Å². The molecule has 11 nitrogen and oxygen atoms in total. The Morgan fingerprint density at radius 3 is 1.75 bits per heavy atom. The highest BCUT2D eigenvalue weighted by molar-refractivity contribution is 7.99. The van der Waals surface area contributed by atoms with E-state index < -0.39 is 22.3 Å². The summed E-state index contributed by atoms with van der Waals surface area (Å²) in [6.45, 7) is 8.77. The Balaban J connectivity index is 0.000000197. The average molecular weight is 1060 g/mol. The SMILES string of the molecule is CS(=O)(=O)O.Cc1c(O)cccc1C(=O)N[C@@H](CSc1ccccc1)C(O)CC1CC2CCCCC2C[C@H]1C.Cc1c(O)cccc1C1=N[C@H]([C@H](O)CC2C[C@H]3CCCC[C@H]3C[C@H]2C)CO1.Sc1ccccc1. The molecule has 4 fully saturated rings. The molecule has 1 amide bonds. The van der Waals surface area contributed by atoms with Crippen LogP contribution in [0.3, 0.4) is 0 Å². The Hall–Kier alpha value is -4.05. The summed E-state index contributed by atoms with van der Waals surface area (Å²) in [5, 5.41) is 45.3. The number of nitrogens with zero attached hydrogens (tertiary/aromatic N) is 1. The fourth-order valence-electron chi connectivity index (χ4n) is 12.1. The standard InChI is InChI=1S/C29H39NO3S.C23H33NO3.C6H6S.CH4O3S/c1-19-15-21-9-6-7-10-22(21)16-23(19)17-28(32)26(18-34-24-11-4-3-5-12-24)30-29(33)25-13-8-14-27(31)20(25)2;1-14-10-16-6-3-4-7-17(16)11-18(14)12-22(26)20-13-27-23(24-20)19-8-5-9-21(25)15(19)2;7-6-4-2-1-3-5-6;1-5(2,3)4/h3-5,8,11-14,19,21-23,26,28,31-32H,6-7,9-10,15-18H2,1-2H3,(H,30,33);5,8-9,14,16-18,20,22,25-26H,3-4,6-7,10-13H2,1-2H3;1-5,7H;1H3,(H,2,3,4)/t19-,21?,22?,23?,26+,28?;14-,16+,17-,18?,20+,22-;;/m11../s1. The molecule has 73 heavy (non-hydrogen) atoms. The molecule has 0 saturated heterocycles. The molecule has 5 aliphatic rings. The molecule has 4 aromatic rings. The number of hydrogen-bond acceptors (Lipinski definition) is 11. The van der Waals surface area contributed by atoms with Crippen molar-refractivity contribution in [3.63, 3.8) is 0 Å². The van der Waals surface area contributed by atoms with Crippen LogP contribution in [0.25, 0.3) is 0 Å². The van der Waals surface area contributed by atoms with Gasteiger partial charge in [0.25, 0.3) is 16.0 Å². The number of aromatic hydroxyl groups is 2. The lowest BCUT2D eigenvalue weighted by Gasteiger charge is -2.44. The summed E-state index contributed by atoms with van der Waals surface area (Å²) in [5.74, 6) is 7.16. The predicted molar refractivity (Wildman–Crippen MR) is 297 cm³/mol. The number of carbonyl (C=O) groups excluding carboxylic acids is 1. The quantitative estimate of drug-likeness (QED) is 0.0409. The zero-order chi connectivity index (χ0) is 52.7. The number of carbonyl (C=O) groups is 1. The number of fused-ring (bicyclic) bond motifs is 2. The molecule has 0 radical (unpaired) electrons. The minimum Gasteiger partial charge on any atom is -0.508 e. The molecule has 9 rings (SSSR count). The third-order valence-electron chi connectivity index (χ3n) is 16.3. The number of nitrogens with one attached hydrogen (secondary N) is 1. The number of aliphatic imine (C=N–C) groups is 1. The molecule has 400 valence electrons. The summed E-state index contributed by atoms with van der Waals surface area (Å²) in [5.41, 5.74) is 2.61. The number of ether oxygens (including phenoxy) is 1. The molecule has 1 aliphatic heterocycles. The summed E-state index contributed by atoms with van der Waals surface area (Å²) in [7, 11) is -3.67. The number of thiol groups is 1. The first-order valence-corrected chi connectivity index (χ1v) is 29.9. The van der Waals surface area contributed by atoms with Gasteiger partial charge in [0.2, 0.25) is 5.90 Å². The molecule has 4 aromatic carbocycles. The van der Waals surface area contributed by atoms with Gasteiger partial charge in [0.05, 0.1) is 24.5 Å². The molecule has 0 bridgehead atoms. The lowest BCUT2D eigenvalue weighted by atomic mass is 9.62. The van der Waals surface area contributed by atoms with Crippen molar-refractivity contribution in [3.05, 3.63) is 119 Å². The lowest BCUT2D eigenvalue weighted by Crippen LogP contribution is -2.47. The monoisotopic (exact) mass is 1060 g/mol. The van der Waals surface area contributed by atoms with Gasteiger partial charge in [0.1, 0.15) is 24.1 Å². The molecular weight excluding hydrogens is 977 g/mol. The third-order valence-corrected chi connectivity index (χ3v) is 17.7. The van der Waals surface area contributed by atoms with Crippen LogP contribution in [-0.2, 0) is 14.9 Å². The Kier molecular flexibility index (Phi) is 22.5. The van der Waals surface area contributed by atoms with Crippen molar-refractivity contribution in [2.45, 2.75) is 152 Å². The zero-order valence-electron chi connectivity index (χ0n) is 43.6. The van der Waals surface area contributed by atoms with E-state index in [0.717, 1.165) is 57.4 Å². The fourth-order valence-corrected chi connectivity index (χ4v) is 13.3. The number of thioether (sulfide) groups is 1. The van der Waals surface area contributed by atoms with Gasteiger partial charge in [-0.2, -0.15) is 8.42 Å². The summed E-state index contributed by atoms with van der Waals surface area (Å²) >= 11 is 5.74. The summed E-state index contributed by atoms with van der Waals surface area (Å²) in [4.78, 5) is 20.0. The van der Waals surface area contributed by atoms with Gasteiger partial charge in [0, 0.05) is 37.8 Å². The van der Waals surface area contributed by atoms with Crippen LogP contribution >= 0.6 is 24.4 Å². The van der Waals surface area contributed by atoms with Crippen LogP contribution in [0.2, 0.25) is 0 Å². The van der Waals surface area contributed by atoms with Crippen LogP contribution in [0.4, 0.5) is 0 Å². The van der Waals surface area contributed by atoms with Gasteiger partial charge in [-0.05, 0) is 148 Å². The smallest absolute Gasteiger partial charge is 0.261 e. The molecule has 4 aliphatic carbocycles. The lowest BCUT2D eigenvalue weighted by molar-refractivity contribution is 0.0368. The van der Waals surface area contributed by atoms with Crippen LogP contribution in [-0.4, -0.2) is 88.1 Å². The minimum atomic E-state index is -3.67. The maximum absolute atomic E-state index is 13.1. The molecular formula is C59H82N2O9S3. The number of aliphatic hydroxyl groups is 2. The van der Waals surface area contributed by atoms with E-state index in [9.17, 15) is 33.6 Å². The summed E-state index contributed by atoms with van der Waals surface area (Å²) in [6, 6.07) is 29.7. The number of amides is 1. The van der Waals surface area contributed by atoms with E-state index in [-0.39, 0.29) is 29.5 Å². The molecule has 12 atom stereocenters. The second-order valence-electron chi connectivity index (χ2n) is 21.6. The Bertz CT molecular complexity index is 2470. The van der Waals surface area contributed by atoms with Crippen molar-refractivity contribution in [1.29, 1.82) is 0 Å². The van der Waals surface area contributed by atoms with Crippen molar-refractivity contribution < 1.29 is 42.9 Å². The van der Waals surface area contributed by atoms with E-state index >= 15 is 0 Å². The van der Waals surface area contributed by atoms with E-state index in [1.54, 1.807) is 49.0 Å². The van der Waals surface area contributed by atoms with Crippen molar-refractivity contribution >= 4 is 46.3 Å². The second kappa shape index (κ2) is 28.2. The number of phenolic OH excluding ortho intramolecular Hbond substituents is 2. The van der Waals surface area contributed by atoms with E-state index in [1.807, 2.05) is 61.5 Å². The van der Waals surface area contributed by atoms with Gasteiger partial charge in [-0.15, -0.1) is 24.4 Å². The number of hydrogen-bond donors (Lipinski definition) is 7. The fraction of sp³-hybridized carbons (Fsp3) is 0.559. The Morgan fingerprint density at radius 1 is 0.726 bits per heavy atom. The maximum Gasteiger partial charge on any atom is 0.261 e.